The van der Waals surface area contributed by atoms with Crippen molar-refractivity contribution in [2.75, 3.05) is 5.32 Å². The van der Waals surface area contributed by atoms with Crippen molar-refractivity contribution >= 4 is 23.4 Å². The van der Waals surface area contributed by atoms with Crippen LogP contribution < -0.4 is 5.32 Å². The first-order valence-electron chi connectivity index (χ1n) is 9.61. The molecule has 2 N–H and O–H groups in total. The van der Waals surface area contributed by atoms with Gasteiger partial charge in [-0.25, -0.2) is 0 Å². The summed E-state index contributed by atoms with van der Waals surface area (Å²) in [5.74, 6) is -0.924. The highest BCUT2D eigenvalue weighted by atomic mass is 16.3. The van der Waals surface area contributed by atoms with Crippen LogP contribution in [0.4, 0.5) is 5.69 Å². The number of carbonyl (C=O) groups is 3. The zero-order chi connectivity index (χ0) is 19.7. The summed E-state index contributed by atoms with van der Waals surface area (Å²) >= 11 is 0. The van der Waals surface area contributed by atoms with Crippen LogP contribution in [-0.2, 0) is 6.61 Å². The maximum absolute atomic E-state index is 12.9. The number of hydrogen-bond acceptors (Lipinski definition) is 4. The second-order valence-corrected chi connectivity index (χ2v) is 7.35. The summed E-state index contributed by atoms with van der Waals surface area (Å²) in [5.41, 5.74) is 2.24. The second kappa shape index (κ2) is 7.56. The lowest BCUT2D eigenvalue weighted by Crippen LogP contribution is -2.40. The minimum atomic E-state index is -0.366. The van der Waals surface area contributed by atoms with Gasteiger partial charge in [-0.3, -0.25) is 19.3 Å². The van der Waals surface area contributed by atoms with Crippen molar-refractivity contribution < 1.29 is 19.5 Å². The van der Waals surface area contributed by atoms with Crippen molar-refractivity contribution in [1.82, 2.24) is 4.90 Å². The Bertz CT molecular complexity index is 947. The molecule has 0 saturated heterocycles. The highest BCUT2D eigenvalue weighted by Crippen LogP contribution is 2.31. The molecule has 144 valence electrons. The minimum Gasteiger partial charge on any atom is -0.392 e. The predicted octanol–water partition coefficient (Wildman–Crippen LogP) is 3.36. The summed E-state index contributed by atoms with van der Waals surface area (Å²) < 4.78 is 0. The monoisotopic (exact) mass is 378 g/mol. The van der Waals surface area contributed by atoms with Gasteiger partial charge in [-0.1, -0.05) is 31.4 Å². The highest BCUT2D eigenvalue weighted by Gasteiger charge is 2.40. The quantitative estimate of drug-likeness (QED) is 0.799. The molecule has 28 heavy (non-hydrogen) atoms. The fourth-order valence-electron chi connectivity index (χ4n) is 4.02. The number of fused-ring (bicyclic) bond motifs is 1. The third-order valence-corrected chi connectivity index (χ3v) is 5.49. The van der Waals surface area contributed by atoms with Crippen LogP contribution in [0.3, 0.4) is 0 Å². The lowest BCUT2D eigenvalue weighted by molar-refractivity contribution is 0.0549. The number of nitrogens with one attached hydrogen (secondary N) is 1. The largest absolute Gasteiger partial charge is 0.392 e. The fraction of sp³-hybridized carbons (Fsp3) is 0.318. The summed E-state index contributed by atoms with van der Waals surface area (Å²) in [6.45, 7) is -0.115. The SMILES string of the molecule is O=C(Nc1cccc(CO)c1)c1ccc2c(c1)C(=O)N(C1CCCCC1)C2=O. The normalized spacial score (nSPS) is 17.0. The molecule has 0 atom stereocenters. The number of benzene rings is 2. The number of rotatable bonds is 4. The smallest absolute Gasteiger partial charge is 0.261 e. The van der Waals surface area contributed by atoms with E-state index in [-0.39, 0.29) is 30.4 Å². The second-order valence-electron chi connectivity index (χ2n) is 7.35. The molecule has 0 radical (unpaired) electrons. The van der Waals surface area contributed by atoms with E-state index in [0.717, 1.165) is 32.1 Å². The van der Waals surface area contributed by atoms with Gasteiger partial charge in [0.15, 0.2) is 0 Å². The Labute approximate surface area is 163 Å². The van der Waals surface area contributed by atoms with Crippen molar-refractivity contribution in [1.29, 1.82) is 0 Å². The molecule has 2 aromatic carbocycles. The average molecular weight is 378 g/mol. The van der Waals surface area contributed by atoms with E-state index < -0.39 is 0 Å². The molecule has 2 aromatic rings. The molecule has 6 nitrogen and oxygen atoms in total. The third-order valence-electron chi connectivity index (χ3n) is 5.49. The van der Waals surface area contributed by atoms with Gasteiger partial charge in [0.1, 0.15) is 0 Å². The molecule has 1 saturated carbocycles. The van der Waals surface area contributed by atoms with Gasteiger partial charge in [-0.05, 0) is 48.7 Å². The van der Waals surface area contributed by atoms with Gasteiger partial charge in [0.2, 0.25) is 0 Å². The van der Waals surface area contributed by atoms with Crippen LogP contribution in [0.1, 0.15) is 68.7 Å². The maximum Gasteiger partial charge on any atom is 0.261 e. The first-order valence-corrected chi connectivity index (χ1v) is 9.61. The predicted molar refractivity (Wildman–Crippen MR) is 104 cm³/mol. The van der Waals surface area contributed by atoms with Gasteiger partial charge in [0.05, 0.1) is 17.7 Å². The molecular formula is C22H22N2O4. The van der Waals surface area contributed by atoms with E-state index in [1.54, 1.807) is 36.4 Å². The van der Waals surface area contributed by atoms with E-state index in [4.69, 9.17) is 0 Å². The third kappa shape index (κ3) is 3.31. The standard InChI is InChI=1S/C22H22N2O4/c25-13-14-5-4-6-16(11-14)23-20(26)15-9-10-18-19(12-15)22(28)24(21(18)27)17-7-2-1-3-8-17/h4-6,9-12,17,25H,1-3,7-8,13H2,(H,23,26). The van der Waals surface area contributed by atoms with Crippen LogP contribution in [0.5, 0.6) is 0 Å². The Morgan fingerprint density at radius 1 is 1.00 bits per heavy atom. The summed E-state index contributed by atoms with van der Waals surface area (Å²) in [6, 6.07) is 11.5. The number of carbonyl (C=O) groups excluding carboxylic acids is 3. The van der Waals surface area contributed by atoms with E-state index in [1.807, 2.05) is 0 Å². The number of imide groups is 1. The number of aliphatic hydroxyl groups is 1. The highest BCUT2D eigenvalue weighted by molar-refractivity contribution is 6.22. The zero-order valence-corrected chi connectivity index (χ0v) is 15.5. The first kappa shape index (κ1) is 18.4. The van der Waals surface area contributed by atoms with Crippen LogP contribution in [-0.4, -0.2) is 33.8 Å². The van der Waals surface area contributed by atoms with Gasteiger partial charge < -0.3 is 10.4 Å². The molecule has 4 rings (SSSR count). The van der Waals surface area contributed by atoms with Crippen molar-refractivity contribution in [3.63, 3.8) is 0 Å². The van der Waals surface area contributed by atoms with Crippen LogP contribution in [0, 0.1) is 0 Å². The van der Waals surface area contributed by atoms with Crippen LogP contribution >= 0.6 is 0 Å². The molecule has 6 heteroatoms. The maximum atomic E-state index is 12.9. The van der Waals surface area contributed by atoms with Gasteiger partial charge in [-0.15, -0.1) is 0 Å². The Kier molecular flexibility index (Phi) is 4.96. The Balaban J connectivity index is 1.56. The molecule has 0 aromatic heterocycles. The molecular weight excluding hydrogens is 356 g/mol. The number of hydrogen-bond donors (Lipinski definition) is 2. The van der Waals surface area contributed by atoms with Crippen molar-refractivity contribution in [2.24, 2.45) is 0 Å². The van der Waals surface area contributed by atoms with Crippen LogP contribution in [0.25, 0.3) is 0 Å². The molecule has 0 spiro atoms. The van der Waals surface area contributed by atoms with E-state index in [0.29, 0.717) is 27.9 Å². The van der Waals surface area contributed by atoms with Gasteiger partial charge in [-0.2, -0.15) is 0 Å². The minimum absolute atomic E-state index is 0.0420. The topological polar surface area (TPSA) is 86.7 Å². The summed E-state index contributed by atoms with van der Waals surface area (Å²) in [4.78, 5) is 39.6. The zero-order valence-electron chi connectivity index (χ0n) is 15.5. The number of anilines is 1. The van der Waals surface area contributed by atoms with Crippen molar-refractivity contribution in [3.05, 3.63) is 64.7 Å². The van der Waals surface area contributed by atoms with Crippen LogP contribution in [0.15, 0.2) is 42.5 Å². The van der Waals surface area contributed by atoms with Crippen molar-refractivity contribution in [2.45, 2.75) is 44.8 Å². The van der Waals surface area contributed by atoms with Crippen LogP contribution in [0.2, 0.25) is 0 Å². The Morgan fingerprint density at radius 2 is 1.75 bits per heavy atom. The summed E-state index contributed by atoms with van der Waals surface area (Å²) in [5, 5.41) is 12.0. The Morgan fingerprint density at radius 3 is 2.50 bits per heavy atom. The van der Waals surface area contributed by atoms with Gasteiger partial charge in [0.25, 0.3) is 17.7 Å². The molecule has 1 fully saturated rings. The van der Waals surface area contributed by atoms with Gasteiger partial charge >= 0.3 is 0 Å². The fourth-order valence-corrected chi connectivity index (χ4v) is 4.02. The first-order chi connectivity index (χ1) is 13.6. The Hall–Kier alpha value is -2.99. The van der Waals surface area contributed by atoms with Crippen molar-refractivity contribution in [3.8, 4) is 0 Å². The van der Waals surface area contributed by atoms with E-state index >= 15 is 0 Å². The molecule has 0 bridgehead atoms. The van der Waals surface area contributed by atoms with E-state index in [9.17, 15) is 19.5 Å². The van der Waals surface area contributed by atoms with E-state index in [2.05, 4.69) is 5.32 Å². The molecule has 3 amide bonds. The number of nitrogens with zero attached hydrogens (tertiary/aromatic N) is 1. The lowest BCUT2D eigenvalue weighted by atomic mass is 9.94. The van der Waals surface area contributed by atoms with E-state index in [1.165, 1.54) is 11.0 Å². The molecule has 2 aliphatic rings. The summed E-state index contributed by atoms with van der Waals surface area (Å²) in [6.07, 6.45) is 4.89. The number of aliphatic hydroxyl groups excluding tert-OH is 1. The molecule has 0 unspecified atom stereocenters. The summed E-state index contributed by atoms with van der Waals surface area (Å²) in [7, 11) is 0. The van der Waals surface area contributed by atoms with Gasteiger partial charge in [0, 0.05) is 17.3 Å². The molecule has 1 heterocycles. The average Bonchev–Trinajstić information content (AvgIpc) is 2.98. The lowest BCUT2D eigenvalue weighted by Gasteiger charge is -2.29. The number of amides is 3. The molecule has 1 aliphatic heterocycles. The molecule has 1 aliphatic carbocycles.